The molecule has 0 saturated carbocycles. The maximum Gasteiger partial charge on any atom is -0.0533 e. The molecule has 0 aromatic heterocycles. The highest BCUT2D eigenvalue weighted by Gasteiger charge is 1.93. The van der Waals surface area contributed by atoms with Crippen molar-refractivity contribution >= 4 is 0 Å². The van der Waals surface area contributed by atoms with Crippen molar-refractivity contribution in [1.82, 2.24) is 0 Å². The topological polar surface area (TPSA) is 0 Å². The minimum Gasteiger partial charge on any atom is -0.0654 e. The van der Waals surface area contributed by atoms with Gasteiger partial charge in [-0.15, -0.1) is 0 Å². The van der Waals surface area contributed by atoms with Crippen molar-refractivity contribution in [3.63, 3.8) is 0 Å². The second-order valence-corrected chi connectivity index (χ2v) is 8.36. The fourth-order valence-corrected chi connectivity index (χ4v) is 3.47. The van der Waals surface area contributed by atoms with Gasteiger partial charge in [0.1, 0.15) is 0 Å². The Labute approximate surface area is 169 Å². The van der Waals surface area contributed by atoms with Crippen LogP contribution in [0.1, 0.15) is 169 Å². The van der Waals surface area contributed by atoms with Crippen LogP contribution in [0.3, 0.4) is 0 Å². The van der Waals surface area contributed by atoms with Crippen molar-refractivity contribution in [2.24, 2.45) is 0 Å². The molecule has 0 heterocycles. The van der Waals surface area contributed by atoms with E-state index >= 15 is 0 Å². The van der Waals surface area contributed by atoms with Gasteiger partial charge in [0.15, 0.2) is 0 Å². The van der Waals surface area contributed by atoms with Gasteiger partial charge < -0.3 is 0 Å². The summed E-state index contributed by atoms with van der Waals surface area (Å²) in [4.78, 5) is 0. The van der Waals surface area contributed by atoms with Crippen LogP contribution in [0.15, 0.2) is 0 Å². The predicted octanol–water partition coefficient (Wildman–Crippen LogP) is 10.6. The van der Waals surface area contributed by atoms with Crippen molar-refractivity contribution in [2.45, 2.75) is 169 Å². The zero-order valence-electron chi connectivity index (χ0n) is 19.6. The Balaban J connectivity index is 0. The Morgan fingerprint density at radius 3 is 0.423 bits per heavy atom. The van der Waals surface area contributed by atoms with Gasteiger partial charge in [0.2, 0.25) is 0 Å². The molecular weight excluding hydrogens is 312 g/mol. The number of hydrogen-bond donors (Lipinski definition) is 0. The molecule has 0 aliphatic carbocycles. The van der Waals surface area contributed by atoms with E-state index in [9.17, 15) is 0 Å². The van der Waals surface area contributed by atoms with Gasteiger partial charge in [-0.25, -0.2) is 0 Å². The van der Waals surface area contributed by atoms with Gasteiger partial charge in [-0.2, -0.15) is 0 Å². The first-order chi connectivity index (χ1) is 12.8. The van der Waals surface area contributed by atoms with Crippen LogP contribution in [0.2, 0.25) is 0 Å². The summed E-state index contributed by atoms with van der Waals surface area (Å²) in [6.45, 7) is 9.12. The average molecular weight is 369 g/mol. The molecule has 0 aliphatic heterocycles. The molecule has 0 nitrogen and oxygen atoms in total. The molecule has 0 rings (SSSR count). The normalized spacial score (nSPS) is 10.6. The van der Waals surface area contributed by atoms with Gasteiger partial charge in [-0.1, -0.05) is 169 Å². The molecule has 0 atom stereocenters. The number of rotatable bonds is 20. The van der Waals surface area contributed by atoms with Crippen LogP contribution in [0.5, 0.6) is 0 Å². The van der Waals surface area contributed by atoms with Crippen molar-refractivity contribution in [3.8, 4) is 0 Å². The van der Waals surface area contributed by atoms with Crippen molar-refractivity contribution in [3.05, 3.63) is 0 Å². The molecule has 0 aromatic rings. The molecule has 0 bridgehead atoms. The highest BCUT2D eigenvalue weighted by molar-refractivity contribution is 4.48. The summed E-state index contributed by atoms with van der Waals surface area (Å²) in [5.41, 5.74) is 0. The molecular formula is C26H56. The molecule has 0 N–H and O–H groups in total. The summed E-state index contributed by atoms with van der Waals surface area (Å²) < 4.78 is 0. The molecule has 0 spiro atoms. The third-order valence-corrected chi connectivity index (χ3v) is 5.41. The maximum atomic E-state index is 2.29. The fraction of sp³-hybridized carbons (Fsp3) is 1.00. The molecule has 0 aliphatic rings. The maximum absolute atomic E-state index is 2.29. The molecule has 0 amide bonds. The standard InChI is InChI=1S/C16H34.C10H22/c1-3-5-7-9-11-13-15-16-14-12-10-8-6-4-2;1-3-5-7-9-10-8-6-4-2/h3-16H2,1-2H3;3-10H2,1-2H3. The minimum absolute atomic E-state index is 1.37. The van der Waals surface area contributed by atoms with Gasteiger partial charge >= 0.3 is 0 Å². The number of hydrogen-bond acceptors (Lipinski definition) is 0. The zero-order valence-corrected chi connectivity index (χ0v) is 19.6. The second kappa shape index (κ2) is 29.8. The highest BCUT2D eigenvalue weighted by Crippen LogP contribution is 2.12. The van der Waals surface area contributed by atoms with E-state index in [1.54, 1.807) is 0 Å². The van der Waals surface area contributed by atoms with Crippen LogP contribution in [-0.4, -0.2) is 0 Å². The predicted molar refractivity (Wildman–Crippen MR) is 124 cm³/mol. The smallest absolute Gasteiger partial charge is 0.0533 e. The van der Waals surface area contributed by atoms with Crippen LogP contribution in [0.25, 0.3) is 0 Å². The molecule has 0 heteroatoms. The third-order valence-electron chi connectivity index (χ3n) is 5.41. The first kappa shape index (κ1) is 28.2. The van der Waals surface area contributed by atoms with Crippen LogP contribution in [0, 0.1) is 0 Å². The molecule has 0 saturated heterocycles. The van der Waals surface area contributed by atoms with E-state index in [-0.39, 0.29) is 0 Å². The molecule has 0 radical (unpaired) electrons. The van der Waals surface area contributed by atoms with Gasteiger partial charge in [0.05, 0.1) is 0 Å². The van der Waals surface area contributed by atoms with E-state index in [0.29, 0.717) is 0 Å². The Morgan fingerprint density at radius 1 is 0.192 bits per heavy atom. The lowest BCUT2D eigenvalue weighted by Gasteiger charge is -2.02. The van der Waals surface area contributed by atoms with Crippen molar-refractivity contribution in [2.75, 3.05) is 0 Å². The lowest BCUT2D eigenvalue weighted by Crippen LogP contribution is -1.82. The van der Waals surface area contributed by atoms with Gasteiger partial charge in [0.25, 0.3) is 0 Å². The molecule has 0 unspecified atom stereocenters. The quantitative estimate of drug-likeness (QED) is 0.187. The summed E-state index contributed by atoms with van der Waals surface area (Å²) >= 11 is 0. The SMILES string of the molecule is CCCCCCCCCC.CCCCCCCCCCCCCCCC. The van der Waals surface area contributed by atoms with E-state index in [2.05, 4.69) is 27.7 Å². The first-order valence-electron chi connectivity index (χ1n) is 12.8. The zero-order chi connectivity index (χ0) is 19.6. The second-order valence-electron chi connectivity index (χ2n) is 8.36. The summed E-state index contributed by atoms with van der Waals surface area (Å²) in [6, 6.07) is 0. The molecule has 26 heavy (non-hydrogen) atoms. The molecule has 0 aromatic carbocycles. The van der Waals surface area contributed by atoms with Crippen LogP contribution in [-0.2, 0) is 0 Å². The Hall–Kier alpha value is 0. The van der Waals surface area contributed by atoms with Gasteiger partial charge in [-0.05, 0) is 0 Å². The fourth-order valence-electron chi connectivity index (χ4n) is 3.47. The lowest BCUT2D eigenvalue weighted by atomic mass is 10.0. The van der Waals surface area contributed by atoms with Gasteiger partial charge in [-0.3, -0.25) is 0 Å². The Morgan fingerprint density at radius 2 is 0.308 bits per heavy atom. The van der Waals surface area contributed by atoms with E-state index in [4.69, 9.17) is 0 Å². The van der Waals surface area contributed by atoms with Crippen molar-refractivity contribution in [1.29, 1.82) is 0 Å². The monoisotopic (exact) mass is 368 g/mol. The summed E-state index contributed by atoms with van der Waals surface area (Å²) in [7, 11) is 0. The Bertz CT molecular complexity index is 174. The molecule has 160 valence electrons. The van der Waals surface area contributed by atoms with E-state index in [0.717, 1.165) is 0 Å². The first-order valence-corrected chi connectivity index (χ1v) is 12.8. The van der Waals surface area contributed by atoms with Crippen molar-refractivity contribution < 1.29 is 0 Å². The van der Waals surface area contributed by atoms with Crippen LogP contribution in [0.4, 0.5) is 0 Å². The Kier molecular flexibility index (Phi) is 32.3. The van der Waals surface area contributed by atoms with E-state index in [1.165, 1.54) is 141 Å². The minimum atomic E-state index is 1.37. The average Bonchev–Trinajstić information content (AvgIpc) is 2.66. The summed E-state index contributed by atoms with van der Waals surface area (Å²) in [6.07, 6.45) is 31.9. The third kappa shape index (κ3) is 31.7. The van der Waals surface area contributed by atoms with E-state index in [1.807, 2.05) is 0 Å². The summed E-state index contributed by atoms with van der Waals surface area (Å²) in [5.74, 6) is 0. The van der Waals surface area contributed by atoms with E-state index < -0.39 is 0 Å². The summed E-state index contributed by atoms with van der Waals surface area (Å²) in [5, 5.41) is 0. The van der Waals surface area contributed by atoms with Crippen LogP contribution >= 0.6 is 0 Å². The van der Waals surface area contributed by atoms with Gasteiger partial charge in [0, 0.05) is 0 Å². The molecule has 0 fully saturated rings. The lowest BCUT2D eigenvalue weighted by molar-refractivity contribution is 0.538. The van der Waals surface area contributed by atoms with Crippen LogP contribution < -0.4 is 0 Å². The number of unbranched alkanes of at least 4 members (excludes halogenated alkanes) is 20. The largest absolute Gasteiger partial charge is 0.0654 e. The highest BCUT2D eigenvalue weighted by atomic mass is 14.0.